The molecule has 0 spiro atoms. The summed E-state index contributed by atoms with van der Waals surface area (Å²) in [6.07, 6.45) is 0.624. The molecule has 1 aliphatic heterocycles. The molecule has 0 radical (unpaired) electrons. The van der Waals surface area contributed by atoms with E-state index >= 15 is 0 Å². The minimum atomic E-state index is -3.62. The van der Waals surface area contributed by atoms with E-state index in [4.69, 9.17) is 4.74 Å². The Hall–Kier alpha value is -1.60. The Bertz CT molecular complexity index is 648. The molecule has 1 fully saturated rings. The van der Waals surface area contributed by atoms with Crippen LogP contribution in [0, 0.1) is 5.41 Å². The van der Waals surface area contributed by atoms with Crippen molar-refractivity contribution in [2.45, 2.75) is 31.6 Å². The lowest BCUT2D eigenvalue weighted by molar-refractivity contribution is -0.150. The van der Waals surface area contributed by atoms with Crippen LogP contribution >= 0.6 is 0 Å². The van der Waals surface area contributed by atoms with Crippen molar-refractivity contribution in [2.75, 3.05) is 19.7 Å². The molecule has 122 valence electrons. The summed E-state index contributed by atoms with van der Waals surface area (Å²) in [4.78, 5) is 11.4. The van der Waals surface area contributed by atoms with Gasteiger partial charge in [-0.2, -0.15) is 4.31 Å². The second-order valence-electron chi connectivity index (χ2n) is 5.68. The summed E-state index contributed by atoms with van der Waals surface area (Å²) >= 11 is 0. The van der Waals surface area contributed by atoms with Gasteiger partial charge in [-0.25, -0.2) is 8.42 Å². The van der Waals surface area contributed by atoms with Gasteiger partial charge in [-0.05, 0) is 38.8 Å². The fourth-order valence-corrected chi connectivity index (χ4v) is 3.95. The molecule has 1 aliphatic rings. The van der Waals surface area contributed by atoms with Gasteiger partial charge in [0.25, 0.3) is 0 Å². The van der Waals surface area contributed by atoms with Crippen LogP contribution in [0.5, 0.6) is 5.75 Å². The van der Waals surface area contributed by atoms with E-state index in [2.05, 4.69) is 0 Å². The maximum Gasteiger partial charge on any atom is 0.309 e. The lowest BCUT2D eigenvalue weighted by atomic mass is 9.81. The molecule has 1 N–H and O–H groups in total. The zero-order valence-corrected chi connectivity index (χ0v) is 13.6. The SMILES string of the molecule is CCOc1cccc(S(=O)(=O)N2CCC(C)(C(=O)O)CC2)c1. The second kappa shape index (κ2) is 6.26. The van der Waals surface area contributed by atoms with Crippen LogP contribution < -0.4 is 4.74 Å². The second-order valence-corrected chi connectivity index (χ2v) is 7.62. The highest BCUT2D eigenvalue weighted by Gasteiger charge is 2.40. The fourth-order valence-electron chi connectivity index (χ4n) is 2.47. The molecule has 0 atom stereocenters. The molecular formula is C15H21NO5S. The average molecular weight is 327 g/mol. The van der Waals surface area contributed by atoms with Crippen LogP contribution in [0.25, 0.3) is 0 Å². The van der Waals surface area contributed by atoms with Crippen LogP contribution in [0.3, 0.4) is 0 Å². The normalized spacial score (nSPS) is 18.8. The summed E-state index contributed by atoms with van der Waals surface area (Å²) in [7, 11) is -3.62. The molecule has 6 nitrogen and oxygen atoms in total. The number of nitrogens with zero attached hydrogens (tertiary/aromatic N) is 1. The fraction of sp³-hybridized carbons (Fsp3) is 0.533. The predicted molar refractivity (Wildman–Crippen MR) is 81.3 cm³/mol. The molecule has 22 heavy (non-hydrogen) atoms. The number of ether oxygens (including phenoxy) is 1. The van der Waals surface area contributed by atoms with Crippen LogP contribution in [0.4, 0.5) is 0 Å². The molecule has 0 aromatic heterocycles. The summed E-state index contributed by atoms with van der Waals surface area (Å²) in [6, 6.07) is 6.39. The quantitative estimate of drug-likeness (QED) is 0.894. The Balaban J connectivity index is 2.18. The number of carbonyl (C=O) groups is 1. The van der Waals surface area contributed by atoms with Gasteiger partial charge in [0.15, 0.2) is 0 Å². The first-order chi connectivity index (χ1) is 10.3. The number of aliphatic carboxylic acids is 1. The third kappa shape index (κ3) is 3.25. The first-order valence-electron chi connectivity index (χ1n) is 7.26. The largest absolute Gasteiger partial charge is 0.494 e. The summed E-state index contributed by atoms with van der Waals surface area (Å²) in [6.45, 7) is 4.38. The van der Waals surface area contributed by atoms with Crippen LogP contribution in [-0.4, -0.2) is 43.5 Å². The summed E-state index contributed by atoms with van der Waals surface area (Å²) in [5.74, 6) is -0.362. The van der Waals surface area contributed by atoms with Gasteiger partial charge in [0, 0.05) is 19.2 Å². The number of hydrogen-bond donors (Lipinski definition) is 1. The van der Waals surface area contributed by atoms with Crippen molar-refractivity contribution >= 4 is 16.0 Å². The molecule has 2 rings (SSSR count). The number of carboxylic acids is 1. The monoisotopic (exact) mass is 327 g/mol. The third-order valence-electron chi connectivity index (χ3n) is 4.10. The number of carboxylic acid groups (broad SMARTS) is 1. The third-order valence-corrected chi connectivity index (χ3v) is 5.99. The van der Waals surface area contributed by atoms with E-state index in [1.807, 2.05) is 6.92 Å². The highest BCUT2D eigenvalue weighted by Crippen LogP contribution is 2.33. The van der Waals surface area contributed by atoms with Gasteiger partial charge in [0.05, 0.1) is 16.9 Å². The van der Waals surface area contributed by atoms with Gasteiger partial charge in [-0.15, -0.1) is 0 Å². The highest BCUT2D eigenvalue weighted by molar-refractivity contribution is 7.89. The Labute approximate surface area is 130 Å². The van der Waals surface area contributed by atoms with Crippen molar-refractivity contribution in [1.82, 2.24) is 4.31 Å². The number of hydrogen-bond acceptors (Lipinski definition) is 4. The molecule has 1 aromatic rings. The molecule has 7 heteroatoms. The average Bonchev–Trinajstić information content (AvgIpc) is 2.48. The van der Waals surface area contributed by atoms with E-state index in [1.54, 1.807) is 19.1 Å². The minimum Gasteiger partial charge on any atom is -0.494 e. The molecule has 0 amide bonds. The zero-order chi connectivity index (χ0) is 16.4. The Kier molecular flexibility index (Phi) is 4.77. The minimum absolute atomic E-state index is 0.178. The van der Waals surface area contributed by atoms with Gasteiger partial charge >= 0.3 is 5.97 Å². The number of piperidine rings is 1. The van der Waals surface area contributed by atoms with Crippen molar-refractivity contribution in [2.24, 2.45) is 5.41 Å². The molecule has 0 unspecified atom stereocenters. The zero-order valence-electron chi connectivity index (χ0n) is 12.8. The molecule has 1 saturated heterocycles. The van der Waals surface area contributed by atoms with Gasteiger partial charge < -0.3 is 9.84 Å². The van der Waals surface area contributed by atoms with Gasteiger partial charge in [-0.3, -0.25) is 4.79 Å². The highest BCUT2D eigenvalue weighted by atomic mass is 32.2. The van der Waals surface area contributed by atoms with Crippen molar-refractivity contribution in [3.63, 3.8) is 0 Å². The van der Waals surface area contributed by atoms with Crippen molar-refractivity contribution in [3.05, 3.63) is 24.3 Å². The van der Waals surface area contributed by atoms with E-state index in [0.717, 1.165) is 0 Å². The van der Waals surface area contributed by atoms with Crippen LogP contribution in [0.2, 0.25) is 0 Å². The van der Waals surface area contributed by atoms with E-state index < -0.39 is 21.4 Å². The van der Waals surface area contributed by atoms with E-state index in [0.29, 0.717) is 25.2 Å². The summed E-state index contributed by atoms with van der Waals surface area (Å²) in [5, 5.41) is 9.21. The van der Waals surface area contributed by atoms with Crippen LogP contribution in [0.15, 0.2) is 29.2 Å². The van der Waals surface area contributed by atoms with Gasteiger partial charge in [-0.1, -0.05) is 6.07 Å². The van der Waals surface area contributed by atoms with Crippen molar-refractivity contribution in [3.8, 4) is 5.75 Å². The lowest BCUT2D eigenvalue weighted by Crippen LogP contribution is -2.45. The first-order valence-corrected chi connectivity index (χ1v) is 8.70. The van der Waals surface area contributed by atoms with E-state index in [9.17, 15) is 18.3 Å². The molecule has 1 heterocycles. The maximum atomic E-state index is 12.6. The molecule has 1 aromatic carbocycles. The first kappa shape index (κ1) is 16.8. The molecule has 0 bridgehead atoms. The Morgan fingerprint density at radius 3 is 2.55 bits per heavy atom. The van der Waals surface area contributed by atoms with Crippen LogP contribution in [0.1, 0.15) is 26.7 Å². The number of benzene rings is 1. The summed E-state index contributed by atoms with van der Waals surface area (Å²) in [5.41, 5.74) is -0.848. The molecular weight excluding hydrogens is 306 g/mol. The van der Waals surface area contributed by atoms with E-state index in [1.165, 1.54) is 16.4 Å². The van der Waals surface area contributed by atoms with Gasteiger partial charge in [0.2, 0.25) is 10.0 Å². The van der Waals surface area contributed by atoms with Crippen LogP contribution in [-0.2, 0) is 14.8 Å². The van der Waals surface area contributed by atoms with E-state index in [-0.39, 0.29) is 18.0 Å². The summed E-state index contributed by atoms with van der Waals surface area (Å²) < 4.78 is 32.0. The lowest BCUT2D eigenvalue weighted by Gasteiger charge is -2.35. The standard InChI is InChI=1S/C15H21NO5S/c1-3-21-12-5-4-6-13(11-12)22(19,20)16-9-7-15(2,8-10-16)14(17)18/h4-6,11H,3,7-10H2,1-2H3,(H,17,18). The molecule has 0 saturated carbocycles. The smallest absolute Gasteiger partial charge is 0.309 e. The van der Waals surface area contributed by atoms with Crippen molar-refractivity contribution in [1.29, 1.82) is 0 Å². The number of rotatable bonds is 5. The van der Waals surface area contributed by atoms with Crippen molar-refractivity contribution < 1.29 is 23.1 Å². The van der Waals surface area contributed by atoms with Gasteiger partial charge in [0.1, 0.15) is 5.75 Å². The Morgan fingerprint density at radius 2 is 2.00 bits per heavy atom. The molecule has 0 aliphatic carbocycles. The predicted octanol–water partition coefficient (Wildman–Crippen LogP) is 1.96. The number of sulfonamides is 1. The topological polar surface area (TPSA) is 83.9 Å². The Morgan fingerprint density at radius 1 is 1.36 bits per heavy atom. The maximum absolute atomic E-state index is 12.6.